The summed E-state index contributed by atoms with van der Waals surface area (Å²) < 4.78 is 18.8. The highest BCUT2D eigenvalue weighted by Gasteiger charge is 2.20. The molecule has 0 bridgehead atoms. The SMILES string of the molecule is O=[N+]([O-])c1ccc(F)cc1COC1CCC(=NO)CC1. The summed E-state index contributed by atoms with van der Waals surface area (Å²) in [6.45, 7) is 0.00431. The lowest BCUT2D eigenvalue weighted by atomic mass is 9.96. The Kier molecular flexibility index (Phi) is 4.62. The van der Waals surface area contributed by atoms with Gasteiger partial charge >= 0.3 is 0 Å². The van der Waals surface area contributed by atoms with Crippen LogP contribution in [0.3, 0.4) is 0 Å². The van der Waals surface area contributed by atoms with Crippen molar-refractivity contribution in [3.8, 4) is 0 Å². The van der Waals surface area contributed by atoms with Crippen LogP contribution in [0.2, 0.25) is 0 Å². The maximum Gasteiger partial charge on any atom is 0.275 e. The number of ether oxygens (including phenoxy) is 1. The second kappa shape index (κ2) is 6.42. The summed E-state index contributed by atoms with van der Waals surface area (Å²) in [4.78, 5) is 10.3. The van der Waals surface area contributed by atoms with Crippen LogP contribution in [0.25, 0.3) is 0 Å². The first-order chi connectivity index (χ1) is 9.60. The van der Waals surface area contributed by atoms with Crippen LogP contribution in [-0.2, 0) is 11.3 Å². The van der Waals surface area contributed by atoms with Crippen molar-refractivity contribution in [2.75, 3.05) is 0 Å². The zero-order valence-corrected chi connectivity index (χ0v) is 10.8. The van der Waals surface area contributed by atoms with E-state index < -0.39 is 10.7 Å². The van der Waals surface area contributed by atoms with Crippen molar-refractivity contribution in [1.29, 1.82) is 0 Å². The molecule has 1 aliphatic carbocycles. The monoisotopic (exact) mass is 282 g/mol. The van der Waals surface area contributed by atoms with Gasteiger partial charge in [-0.3, -0.25) is 10.1 Å². The molecule has 1 aromatic carbocycles. The van der Waals surface area contributed by atoms with E-state index >= 15 is 0 Å². The maximum absolute atomic E-state index is 13.2. The molecule has 6 nitrogen and oxygen atoms in total. The van der Waals surface area contributed by atoms with Crippen LogP contribution < -0.4 is 0 Å². The molecule has 20 heavy (non-hydrogen) atoms. The smallest absolute Gasteiger partial charge is 0.275 e. The lowest BCUT2D eigenvalue weighted by Crippen LogP contribution is -2.21. The van der Waals surface area contributed by atoms with Crippen molar-refractivity contribution in [3.05, 3.63) is 39.7 Å². The summed E-state index contributed by atoms with van der Waals surface area (Å²) in [7, 11) is 0. The number of nitro groups is 1. The number of rotatable bonds is 4. The van der Waals surface area contributed by atoms with Crippen molar-refractivity contribution in [2.45, 2.75) is 38.4 Å². The number of nitro benzene ring substituents is 1. The molecule has 1 saturated carbocycles. The molecule has 0 amide bonds. The van der Waals surface area contributed by atoms with Gasteiger partial charge in [-0.25, -0.2) is 4.39 Å². The van der Waals surface area contributed by atoms with Gasteiger partial charge in [-0.1, -0.05) is 5.16 Å². The molecule has 0 saturated heterocycles. The Morgan fingerprint density at radius 1 is 1.45 bits per heavy atom. The summed E-state index contributed by atoms with van der Waals surface area (Å²) in [5.41, 5.74) is 0.832. The van der Waals surface area contributed by atoms with Crippen molar-refractivity contribution < 1.29 is 19.3 Å². The summed E-state index contributed by atoms with van der Waals surface area (Å²) in [6.07, 6.45) is 2.63. The molecule has 1 N–H and O–H groups in total. The summed E-state index contributed by atoms with van der Waals surface area (Å²) in [5.74, 6) is -0.521. The average Bonchev–Trinajstić information content (AvgIpc) is 2.45. The van der Waals surface area contributed by atoms with E-state index in [1.807, 2.05) is 0 Å². The third-order valence-corrected chi connectivity index (χ3v) is 3.36. The fourth-order valence-corrected chi connectivity index (χ4v) is 2.25. The van der Waals surface area contributed by atoms with Gasteiger partial charge in [-0.2, -0.15) is 0 Å². The van der Waals surface area contributed by atoms with Gasteiger partial charge in [0.15, 0.2) is 0 Å². The Labute approximate surface area is 115 Å². The predicted octanol–water partition coefficient (Wildman–Crippen LogP) is 3.02. The summed E-state index contributed by atoms with van der Waals surface area (Å²) in [5, 5.41) is 22.7. The van der Waals surface area contributed by atoms with Gasteiger partial charge < -0.3 is 9.94 Å². The number of oxime groups is 1. The average molecular weight is 282 g/mol. The molecule has 0 unspecified atom stereocenters. The molecule has 0 radical (unpaired) electrons. The van der Waals surface area contributed by atoms with Gasteiger partial charge in [-0.15, -0.1) is 0 Å². The second-order valence-electron chi connectivity index (χ2n) is 4.71. The van der Waals surface area contributed by atoms with Crippen LogP contribution in [0, 0.1) is 15.9 Å². The van der Waals surface area contributed by atoms with E-state index in [9.17, 15) is 14.5 Å². The largest absolute Gasteiger partial charge is 0.411 e. The summed E-state index contributed by atoms with van der Waals surface area (Å²) in [6, 6.07) is 3.33. The standard InChI is InChI=1S/C13H15FN2O4/c14-10-1-6-13(16(18)19)9(7-10)8-20-12-4-2-11(15-17)3-5-12/h1,6-7,12,17H,2-5,8H2. The topological polar surface area (TPSA) is 85.0 Å². The second-order valence-corrected chi connectivity index (χ2v) is 4.71. The molecule has 0 atom stereocenters. The first kappa shape index (κ1) is 14.4. The minimum Gasteiger partial charge on any atom is -0.411 e. The lowest BCUT2D eigenvalue weighted by molar-refractivity contribution is -0.386. The van der Waals surface area contributed by atoms with E-state index in [4.69, 9.17) is 9.94 Å². The lowest BCUT2D eigenvalue weighted by Gasteiger charge is -2.22. The van der Waals surface area contributed by atoms with E-state index in [-0.39, 0.29) is 24.0 Å². The molecule has 1 aromatic rings. The van der Waals surface area contributed by atoms with Crippen LogP contribution in [0.4, 0.5) is 10.1 Å². The van der Waals surface area contributed by atoms with Crippen molar-refractivity contribution in [3.63, 3.8) is 0 Å². The van der Waals surface area contributed by atoms with Crippen LogP contribution >= 0.6 is 0 Å². The Balaban J connectivity index is 1.97. The Hall–Kier alpha value is -2.02. The van der Waals surface area contributed by atoms with Crippen molar-refractivity contribution in [2.24, 2.45) is 5.16 Å². The third-order valence-electron chi connectivity index (χ3n) is 3.36. The Bertz CT molecular complexity index is 523. The molecule has 2 rings (SSSR count). The maximum atomic E-state index is 13.2. The van der Waals surface area contributed by atoms with E-state index in [0.29, 0.717) is 25.7 Å². The van der Waals surface area contributed by atoms with E-state index in [1.54, 1.807) is 0 Å². The first-order valence-electron chi connectivity index (χ1n) is 6.34. The van der Waals surface area contributed by atoms with Crippen LogP contribution in [-0.4, -0.2) is 21.9 Å². The predicted molar refractivity (Wildman–Crippen MR) is 69.3 cm³/mol. The van der Waals surface area contributed by atoms with Gasteiger partial charge in [0, 0.05) is 6.07 Å². The molecular weight excluding hydrogens is 267 g/mol. The highest BCUT2D eigenvalue weighted by molar-refractivity contribution is 5.84. The molecule has 7 heteroatoms. The number of nitrogens with zero attached hydrogens (tertiary/aromatic N) is 2. The molecule has 0 aromatic heterocycles. The zero-order chi connectivity index (χ0) is 14.5. The number of hydrogen-bond acceptors (Lipinski definition) is 5. The van der Waals surface area contributed by atoms with Gasteiger partial charge in [0.25, 0.3) is 5.69 Å². The molecule has 0 aliphatic heterocycles. The molecular formula is C13H15FN2O4. The zero-order valence-electron chi connectivity index (χ0n) is 10.8. The van der Waals surface area contributed by atoms with E-state index in [1.165, 1.54) is 0 Å². The van der Waals surface area contributed by atoms with Crippen LogP contribution in [0.1, 0.15) is 31.2 Å². The fraction of sp³-hybridized carbons (Fsp3) is 0.462. The third kappa shape index (κ3) is 3.51. The van der Waals surface area contributed by atoms with Gasteiger partial charge in [-0.05, 0) is 37.8 Å². The van der Waals surface area contributed by atoms with E-state index in [0.717, 1.165) is 23.9 Å². The van der Waals surface area contributed by atoms with Gasteiger partial charge in [0.1, 0.15) is 5.82 Å². The molecule has 1 fully saturated rings. The fourth-order valence-electron chi connectivity index (χ4n) is 2.25. The quantitative estimate of drug-likeness (QED) is 0.522. The molecule has 1 aliphatic rings. The van der Waals surface area contributed by atoms with Crippen LogP contribution in [0.15, 0.2) is 23.4 Å². The van der Waals surface area contributed by atoms with E-state index in [2.05, 4.69) is 5.16 Å². The van der Waals surface area contributed by atoms with Crippen molar-refractivity contribution >= 4 is 11.4 Å². The van der Waals surface area contributed by atoms with Gasteiger partial charge in [0.2, 0.25) is 0 Å². The Morgan fingerprint density at radius 3 is 2.75 bits per heavy atom. The normalized spacial score (nSPS) is 18.9. The number of halogens is 1. The highest BCUT2D eigenvalue weighted by Crippen LogP contribution is 2.24. The number of benzene rings is 1. The highest BCUT2D eigenvalue weighted by atomic mass is 19.1. The first-order valence-corrected chi connectivity index (χ1v) is 6.34. The number of hydrogen-bond donors (Lipinski definition) is 1. The summed E-state index contributed by atoms with van der Waals surface area (Å²) >= 11 is 0. The van der Waals surface area contributed by atoms with Gasteiger partial charge in [0.05, 0.1) is 28.9 Å². The molecule has 108 valence electrons. The molecule has 0 heterocycles. The Morgan fingerprint density at radius 2 is 2.15 bits per heavy atom. The minimum atomic E-state index is -0.546. The van der Waals surface area contributed by atoms with Crippen molar-refractivity contribution in [1.82, 2.24) is 0 Å². The van der Waals surface area contributed by atoms with Crippen LogP contribution in [0.5, 0.6) is 0 Å². The molecule has 0 spiro atoms. The minimum absolute atomic E-state index is 0.00431.